The Balaban J connectivity index is 2.02. The zero-order valence-corrected chi connectivity index (χ0v) is 15.4. The first-order chi connectivity index (χ1) is 10.7. The summed E-state index contributed by atoms with van der Waals surface area (Å²) in [5.74, 6) is -0.224. The number of aryl methyl sites for hydroxylation is 1. The third-order valence-corrected chi connectivity index (χ3v) is 5.01. The van der Waals surface area contributed by atoms with Gasteiger partial charge in [-0.3, -0.25) is 9.59 Å². The number of piperidine rings is 1. The summed E-state index contributed by atoms with van der Waals surface area (Å²) >= 11 is 1.81. The van der Waals surface area contributed by atoms with E-state index < -0.39 is 0 Å². The third-order valence-electron chi connectivity index (χ3n) is 3.91. The molecule has 1 aromatic rings. The molecule has 0 spiro atoms. The van der Waals surface area contributed by atoms with Crippen molar-refractivity contribution in [3.8, 4) is 0 Å². The van der Waals surface area contributed by atoms with Crippen molar-refractivity contribution in [3.63, 3.8) is 0 Å². The van der Waals surface area contributed by atoms with Crippen LogP contribution in [0.3, 0.4) is 0 Å². The highest BCUT2D eigenvalue weighted by molar-refractivity contribution is 8.00. The van der Waals surface area contributed by atoms with Gasteiger partial charge in [0.05, 0.1) is 0 Å². The van der Waals surface area contributed by atoms with Crippen molar-refractivity contribution in [2.45, 2.75) is 50.2 Å². The number of likely N-dealkylation sites (tertiary alicyclic amines) is 1. The van der Waals surface area contributed by atoms with Crippen LogP contribution in [-0.2, 0) is 9.59 Å². The summed E-state index contributed by atoms with van der Waals surface area (Å²) in [4.78, 5) is 27.0. The predicted octanol–water partition coefficient (Wildman–Crippen LogP) is 3.69. The molecule has 0 radical (unpaired) electrons. The fourth-order valence-corrected chi connectivity index (χ4v) is 3.67. The number of carbonyl (C=O) groups is 2. The summed E-state index contributed by atoms with van der Waals surface area (Å²) in [6.07, 6.45) is 1.03. The van der Waals surface area contributed by atoms with Crippen LogP contribution >= 0.6 is 11.8 Å². The second-order valence-electron chi connectivity index (χ2n) is 7.19. The molecule has 1 aromatic carbocycles. The highest BCUT2D eigenvalue weighted by atomic mass is 32.2. The first-order valence-corrected chi connectivity index (χ1v) is 8.82. The number of hydrogen-bond donors (Lipinski definition) is 1. The Morgan fingerprint density at radius 2 is 2.04 bits per heavy atom. The Kier molecular flexibility index (Phi) is 5.40. The zero-order valence-electron chi connectivity index (χ0n) is 14.6. The molecule has 4 nitrogen and oxygen atoms in total. The molecule has 2 rings (SSSR count). The molecule has 1 atom stereocenters. The second-order valence-corrected chi connectivity index (χ2v) is 9.09. The molecule has 1 saturated heterocycles. The predicted molar refractivity (Wildman–Crippen MR) is 95.8 cm³/mol. The number of anilines is 1. The van der Waals surface area contributed by atoms with E-state index in [1.807, 2.05) is 30.8 Å². The maximum absolute atomic E-state index is 12.4. The van der Waals surface area contributed by atoms with Gasteiger partial charge in [-0.15, -0.1) is 11.8 Å². The average molecular weight is 334 g/mol. The fourth-order valence-electron chi connectivity index (χ4n) is 2.59. The quantitative estimate of drug-likeness (QED) is 0.858. The van der Waals surface area contributed by atoms with Gasteiger partial charge < -0.3 is 10.2 Å². The van der Waals surface area contributed by atoms with Crippen LogP contribution in [0.4, 0.5) is 5.69 Å². The van der Waals surface area contributed by atoms with Crippen LogP contribution in [0.1, 0.15) is 39.2 Å². The van der Waals surface area contributed by atoms with E-state index >= 15 is 0 Å². The summed E-state index contributed by atoms with van der Waals surface area (Å²) in [6, 6.07) is 6.10. The maximum atomic E-state index is 12.4. The van der Waals surface area contributed by atoms with E-state index in [0.29, 0.717) is 13.0 Å². The molecule has 1 fully saturated rings. The van der Waals surface area contributed by atoms with Gasteiger partial charge in [0.25, 0.3) is 0 Å². The molecule has 5 heteroatoms. The number of amides is 2. The number of carbonyl (C=O) groups excluding carboxylic acids is 2. The van der Waals surface area contributed by atoms with Crippen molar-refractivity contribution in [1.82, 2.24) is 4.90 Å². The minimum atomic E-state index is -0.221. The number of hydrogen-bond acceptors (Lipinski definition) is 3. The summed E-state index contributed by atoms with van der Waals surface area (Å²) in [5.41, 5.74) is 1.88. The molecule has 0 bridgehead atoms. The summed E-state index contributed by atoms with van der Waals surface area (Å²) < 4.78 is 0.158. The summed E-state index contributed by atoms with van der Waals surface area (Å²) in [7, 11) is 1.78. The van der Waals surface area contributed by atoms with Gasteiger partial charge in [0.2, 0.25) is 11.8 Å². The number of benzene rings is 1. The minimum Gasteiger partial charge on any atom is -0.346 e. The lowest BCUT2D eigenvalue weighted by Crippen LogP contribution is -2.39. The first-order valence-electron chi connectivity index (χ1n) is 8.00. The average Bonchev–Trinajstić information content (AvgIpc) is 2.43. The minimum absolute atomic E-state index is 0.0463. The molecule has 1 unspecified atom stereocenters. The third kappa shape index (κ3) is 4.99. The maximum Gasteiger partial charge on any atom is 0.228 e. The van der Waals surface area contributed by atoms with Crippen LogP contribution in [0.2, 0.25) is 0 Å². The van der Waals surface area contributed by atoms with Crippen LogP contribution in [0.5, 0.6) is 0 Å². The van der Waals surface area contributed by atoms with Crippen LogP contribution in [0, 0.1) is 12.8 Å². The second kappa shape index (κ2) is 6.95. The SMILES string of the molecule is Cc1cc(SC(C)(C)C)ccc1NC(=O)C1CCN(C)C(=O)C1. The van der Waals surface area contributed by atoms with E-state index in [4.69, 9.17) is 0 Å². The first kappa shape index (κ1) is 17.9. The molecule has 1 N–H and O–H groups in total. The molecular weight excluding hydrogens is 308 g/mol. The fraction of sp³-hybridized carbons (Fsp3) is 0.556. The molecule has 0 saturated carbocycles. The van der Waals surface area contributed by atoms with Gasteiger partial charge in [-0.25, -0.2) is 0 Å². The lowest BCUT2D eigenvalue weighted by Gasteiger charge is -2.28. The Hall–Kier alpha value is -1.49. The van der Waals surface area contributed by atoms with Gasteiger partial charge >= 0.3 is 0 Å². The number of thioether (sulfide) groups is 1. The van der Waals surface area contributed by atoms with Gasteiger partial charge in [0, 0.05) is 41.3 Å². The van der Waals surface area contributed by atoms with Crippen LogP contribution in [-0.4, -0.2) is 35.1 Å². The molecule has 1 heterocycles. The van der Waals surface area contributed by atoms with Crippen molar-refractivity contribution in [3.05, 3.63) is 23.8 Å². The van der Waals surface area contributed by atoms with Crippen molar-refractivity contribution >= 4 is 29.3 Å². The normalized spacial score (nSPS) is 18.9. The van der Waals surface area contributed by atoms with E-state index in [1.54, 1.807) is 11.9 Å². The smallest absolute Gasteiger partial charge is 0.228 e. The van der Waals surface area contributed by atoms with E-state index in [0.717, 1.165) is 17.7 Å². The molecular formula is C18H26N2O2S. The van der Waals surface area contributed by atoms with Gasteiger partial charge in [-0.1, -0.05) is 20.8 Å². The van der Waals surface area contributed by atoms with Gasteiger partial charge in [0.15, 0.2) is 0 Å². The molecule has 1 aliphatic rings. The summed E-state index contributed by atoms with van der Waals surface area (Å²) in [5, 5.41) is 2.99. The number of nitrogens with one attached hydrogen (secondary N) is 1. The number of nitrogens with zero attached hydrogens (tertiary/aromatic N) is 1. The molecule has 0 aromatic heterocycles. The monoisotopic (exact) mass is 334 g/mol. The van der Waals surface area contributed by atoms with Crippen LogP contribution in [0.25, 0.3) is 0 Å². The largest absolute Gasteiger partial charge is 0.346 e. The molecule has 126 valence electrons. The van der Waals surface area contributed by atoms with E-state index in [2.05, 4.69) is 32.2 Å². The van der Waals surface area contributed by atoms with E-state index in [1.165, 1.54) is 4.90 Å². The Labute approximate surface area is 143 Å². The van der Waals surface area contributed by atoms with Gasteiger partial charge in [0.1, 0.15) is 0 Å². The lowest BCUT2D eigenvalue weighted by atomic mass is 9.95. The van der Waals surface area contributed by atoms with Crippen LogP contribution < -0.4 is 5.32 Å². The van der Waals surface area contributed by atoms with E-state index in [9.17, 15) is 9.59 Å². The van der Waals surface area contributed by atoms with Crippen molar-refractivity contribution < 1.29 is 9.59 Å². The van der Waals surface area contributed by atoms with Gasteiger partial charge in [-0.05, 0) is 37.1 Å². The topological polar surface area (TPSA) is 49.4 Å². The standard InChI is InChI=1S/C18H26N2O2S/c1-12-10-14(23-18(2,3)4)6-7-15(12)19-17(22)13-8-9-20(5)16(21)11-13/h6-7,10,13H,8-9,11H2,1-5H3,(H,19,22). The lowest BCUT2D eigenvalue weighted by molar-refractivity contribution is -0.137. The van der Waals surface area contributed by atoms with Crippen LogP contribution in [0.15, 0.2) is 23.1 Å². The molecule has 0 aliphatic carbocycles. The zero-order chi connectivity index (χ0) is 17.2. The van der Waals surface area contributed by atoms with Crippen molar-refractivity contribution in [2.75, 3.05) is 18.9 Å². The molecule has 2 amide bonds. The number of rotatable bonds is 3. The Morgan fingerprint density at radius 1 is 1.35 bits per heavy atom. The molecule has 1 aliphatic heterocycles. The Morgan fingerprint density at radius 3 is 2.61 bits per heavy atom. The highest BCUT2D eigenvalue weighted by Crippen LogP contribution is 2.33. The van der Waals surface area contributed by atoms with Crippen molar-refractivity contribution in [2.24, 2.45) is 5.92 Å². The Bertz CT molecular complexity index is 608. The van der Waals surface area contributed by atoms with E-state index in [-0.39, 0.29) is 22.5 Å². The molecule has 23 heavy (non-hydrogen) atoms. The summed E-state index contributed by atoms with van der Waals surface area (Å²) in [6.45, 7) is 9.19. The highest BCUT2D eigenvalue weighted by Gasteiger charge is 2.28. The van der Waals surface area contributed by atoms with Crippen molar-refractivity contribution in [1.29, 1.82) is 0 Å². The van der Waals surface area contributed by atoms with Gasteiger partial charge in [-0.2, -0.15) is 0 Å².